The second kappa shape index (κ2) is 8.51. The van der Waals surface area contributed by atoms with Crippen molar-refractivity contribution in [3.63, 3.8) is 0 Å². The van der Waals surface area contributed by atoms with E-state index < -0.39 is 10.0 Å². The molecule has 0 fully saturated rings. The number of hydrogen-bond acceptors (Lipinski definition) is 4. The van der Waals surface area contributed by atoms with Gasteiger partial charge in [0, 0.05) is 0 Å². The van der Waals surface area contributed by atoms with Crippen molar-refractivity contribution < 1.29 is 13.2 Å². The van der Waals surface area contributed by atoms with E-state index in [0.29, 0.717) is 6.61 Å². The number of ether oxygens (including phenoxy) is 1. The summed E-state index contributed by atoms with van der Waals surface area (Å²) in [5.41, 5.74) is 2.84. The van der Waals surface area contributed by atoms with Gasteiger partial charge in [0.05, 0.1) is 11.1 Å². The molecule has 0 heterocycles. The van der Waals surface area contributed by atoms with Crippen LogP contribution in [0.25, 0.3) is 0 Å². The molecule has 0 aromatic heterocycles. The lowest BCUT2D eigenvalue weighted by Gasteiger charge is -2.06. The van der Waals surface area contributed by atoms with E-state index in [9.17, 15) is 8.42 Å². The molecule has 0 unspecified atom stereocenters. The van der Waals surface area contributed by atoms with E-state index in [1.54, 1.807) is 24.3 Å². The summed E-state index contributed by atoms with van der Waals surface area (Å²) in [6.07, 6.45) is 1.45. The fourth-order valence-corrected chi connectivity index (χ4v) is 3.12. The van der Waals surface area contributed by atoms with E-state index in [4.69, 9.17) is 4.74 Å². The van der Waals surface area contributed by atoms with Crippen LogP contribution in [0.4, 0.5) is 0 Å². The largest absolute Gasteiger partial charge is 0.489 e. The Kier molecular flexibility index (Phi) is 5.88. The fourth-order valence-electron chi connectivity index (χ4n) is 2.33. The molecular weight excluding hydrogens is 360 g/mol. The Morgan fingerprint density at radius 3 is 2.26 bits per heavy atom. The van der Waals surface area contributed by atoms with Gasteiger partial charge >= 0.3 is 0 Å². The molecule has 0 aliphatic rings. The molecule has 6 heteroatoms. The van der Waals surface area contributed by atoms with Crippen molar-refractivity contribution in [1.29, 1.82) is 0 Å². The van der Waals surface area contributed by atoms with Gasteiger partial charge in [0.1, 0.15) is 12.4 Å². The summed E-state index contributed by atoms with van der Waals surface area (Å²) in [5.74, 6) is 0.733. The highest BCUT2D eigenvalue weighted by Crippen LogP contribution is 2.14. The van der Waals surface area contributed by atoms with Gasteiger partial charge in [-0.15, -0.1) is 0 Å². The minimum Gasteiger partial charge on any atom is -0.489 e. The number of rotatable bonds is 7. The van der Waals surface area contributed by atoms with Gasteiger partial charge in [-0.3, -0.25) is 0 Å². The number of sulfonamides is 1. The van der Waals surface area contributed by atoms with Crippen molar-refractivity contribution in [2.24, 2.45) is 5.10 Å². The Labute approximate surface area is 159 Å². The SMILES string of the molecule is Cc1ccc(S(=O)(=O)NN=Cc2ccc(OCc3ccccc3)cc2)cc1. The summed E-state index contributed by atoms with van der Waals surface area (Å²) in [6, 6.07) is 23.7. The molecule has 0 atom stereocenters. The average molecular weight is 380 g/mol. The molecular formula is C21H20N2O3S. The third-order valence-corrected chi connectivity index (χ3v) is 5.08. The molecule has 0 saturated heterocycles. The van der Waals surface area contributed by atoms with Crippen LogP contribution in [0, 0.1) is 6.92 Å². The fraction of sp³-hybridized carbons (Fsp3) is 0.0952. The summed E-state index contributed by atoms with van der Waals surface area (Å²) in [7, 11) is -3.67. The summed E-state index contributed by atoms with van der Waals surface area (Å²) >= 11 is 0. The molecule has 138 valence electrons. The van der Waals surface area contributed by atoms with Crippen molar-refractivity contribution in [1.82, 2.24) is 4.83 Å². The van der Waals surface area contributed by atoms with Gasteiger partial charge in [0.15, 0.2) is 0 Å². The molecule has 3 aromatic rings. The average Bonchev–Trinajstić information content (AvgIpc) is 2.68. The highest BCUT2D eigenvalue weighted by Gasteiger charge is 2.11. The first-order valence-corrected chi connectivity index (χ1v) is 9.89. The second-order valence-electron chi connectivity index (χ2n) is 6.01. The molecule has 27 heavy (non-hydrogen) atoms. The van der Waals surface area contributed by atoms with Crippen molar-refractivity contribution in [3.8, 4) is 5.75 Å². The minimum atomic E-state index is -3.67. The number of hydrogen-bond donors (Lipinski definition) is 1. The maximum absolute atomic E-state index is 12.2. The van der Waals surface area contributed by atoms with E-state index in [1.165, 1.54) is 6.21 Å². The molecule has 3 rings (SSSR count). The number of nitrogens with one attached hydrogen (secondary N) is 1. The van der Waals surface area contributed by atoms with Crippen LogP contribution in [0.1, 0.15) is 16.7 Å². The van der Waals surface area contributed by atoms with E-state index in [0.717, 1.165) is 22.4 Å². The van der Waals surface area contributed by atoms with Gasteiger partial charge in [-0.05, 0) is 54.4 Å². The van der Waals surface area contributed by atoms with Gasteiger partial charge in [-0.1, -0.05) is 48.0 Å². The second-order valence-corrected chi connectivity index (χ2v) is 7.67. The van der Waals surface area contributed by atoms with Crippen molar-refractivity contribution in [2.45, 2.75) is 18.4 Å². The van der Waals surface area contributed by atoms with Crippen LogP contribution in [-0.4, -0.2) is 14.6 Å². The molecule has 0 radical (unpaired) electrons. The van der Waals surface area contributed by atoms with Crippen LogP contribution >= 0.6 is 0 Å². The maximum atomic E-state index is 12.2. The molecule has 1 N–H and O–H groups in total. The summed E-state index contributed by atoms with van der Waals surface area (Å²) in [6.45, 7) is 2.39. The van der Waals surface area contributed by atoms with Crippen LogP contribution in [-0.2, 0) is 16.6 Å². The highest BCUT2D eigenvalue weighted by atomic mass is 32.2. The van der Waals surface area contributed by atoms with Crippen molar-refractivity contribution in [2.75, 3.05) is 0 Å². The Balaban J connectivity index is 1.56. The zero-order chi connectivity index (χ0) is 19.1. The lowest BCUT2D eigenvalue weighted by molar-refractivity contribution is 0.306. The van der Waals surface area contributed by atoms with Gasteiger partial charge in [0.2, 0.25) is 0 Å². The minimum absolute atomic E-state index is 0.176. The first-order valence-electron chi connectivity index (χ1n) is 8.41. The molecule has 0 amide bonds. The summed E-state index contributed by atoms with van der Waals surface area (Å²) in [4.78, 5) is 2.39. The predicted octanol–water partition coefficient (Wildman–Crippen LogP) is 3.89. The number of aryl methyl sites for hydroxylation is 1. The van der Waals surface area contributed by atoms with Crippen LogP contribution < -0.4 is 9.57 Å². The van der Waals surface area contributed by atoms with Crippen LogP contribution in [0.2, 0.25) is 0 Å². The van der Waals surface area contributed by atoms with Crippen LogP contribution in [0.15, 0.2) is 88.9 Å². The smallest absolute Gasteiger partial charge is 0.276 e. The maximum Gasteiger partial charge on any atom is 0.276 e. The highest BCUT2D eigenvalue weighted by molar-refractivity contribution is 7.89. The Morgan fingerprint density at radius 2 is 1.59 bits per heavy atom. The number of hydrazone groups is 1. The van der Waals surface area contributed by atoms with Crippen molar-refractivity contribution >= 4 is 16.2 Å². The summed E-state index contributed by atoms with van der Waals surface area (Å²) in [5, 5.41) is 3.83. The molecule has 0 spiro atoms. The zero-order valence-electron chi connectivity index (χ0n) is 14.9. The number of nitrogens with zero attached hydrogens (tertiary/aromatic N) is 1. The van der Waals surface area contributed by atoms with Crippen LogP contribution in [0.3, 0.4) is 0 Å². The lowest BCUT2D eigenvalue weighted by atomic mass is 10.2. The topological polar surface area (TPSA) is 67.8 Å². The van der Waals surface area contributed by atoms with Crippen molar-refractivity contribution in [3.05, 3.63) is 95.6 Å². The zero-order valence-corrected chi connectivity index (χ0v) is 15.7. The molecule has 0 aliphatic carbocycles. The predicted molar refractivity (Wildman–Crippen MR) is 106 cm³/mol. The van der Waals surface area contributed by atoms with Crippen LogP contribution in [0.5, 0.6) is 5.75 Å². The third-order valence-electron chi connectivity index (χ3n) is 3.85. The standard InChI is InChI=1S/C21H20N2O3S/c1-17-7-13-21(14-8-17)27(24,25)23-22-15-18-9-11-20(12-10-18)26-16-19-5-3-2-4-6-19/h2-15,23H,16H2,1H3. The Hall–Kier alpha value is -3.12. The molecule has 3 aromatic carbocycles. The third kappa shape index (κ3) is 5.43. The Bertz CT molecular complexity index is 998. The molecule has 5 nitrogen and oxygen atoms in total. The van der Waals surface area contributed by atoms with Gasteiger partial charge < -0.3 is 4.74 Å². The van der Waals surface area contributed by atoms with Gasteiger partial charge in [0.25, 0.3) is 10.0 Å². The van der Waals surface area contributed by atoms with E-state index in [2.05, 4.69) is 9.93 Å². The van der Waals surface area contributed by atoms with E-state index >= 15 is 0 Å². The molecule has 0 aliphatic heterocycles. The quantitative estimate of drug-likeness (QED) is 0.499. The van der Waals surface area contributed by atoms with Gasteiger partial charge in [-0.25, -0.2) is 4.83 Å². The summed E-state index contributed by atoms with van der Waals surface area (Å²) < 4.78 is 30.0. The lowest BCUT2D eigenvalue weighted by Crippen LogP contribution is -2.18. The molecule has 0 bridgehead atoms. The monoisotopic (exact) mass is 380 g/mol. The Morgan fingerprint density at radius 1 is 0.926 bits per heavy atom. The van der Waals surface area contributed by atoms with Gasteiger partial charge in [-0.2, -0.15) is 13.5 Å². The molecule has 0 saturated carbocycles. The first-order chi connectivity index (χ1) is 13.0. The van der Waals surface area contributed by atoms with E-state index in [1.807, 2.05) is 61.5 Å². The first kappa shape index (κ1) is 18.7. The number of benzene rings is 3. The normalized spacial score (nSPS) is 11.4. The van der Waals surface area contributed by atoms with E-state index in [-0.39, 0.29) is 4.90 Å².